The lowest BCUT2D eigenvalue weighted by molar-refractivity contribution is 0.0422. The van der Waals surface area contributed by atoms with Gasteiger partial charge >= 0.3 is 6.47 Å². The van der Waals surface area contributed by atoms with E-state index in [1.54, 1.807) is 6.92 Å². The van der Waals surface area contributed by atoms with Crippen molar-refractivity contribution in [1.29, 1.82) is 0 Å². The molecule has 0 aliphatic rings. The Kier molecular flexibility index (Phi) is 4.72. The molecule has 0 saturated carbocycles. The molecule has 3 nitrogen and oxygen atoms in total. The summed E-state index contributed by atoms with van der Waals surface area (Å²) in [6.45, 7) is 4.07. The van der Waals surface area contributed by atoms with Gasteiger partial charge < -0.3 is 9.47 Å². The van der Waals surface area contributed by atoms with E-state index in [9.17, 15) is 4.79 Å². The Bertz CT molecular complexity index is 258. The normalized spacial score (nSPS) is 12.1. The van der Waals surface area contributed by atoms with E-state index in [1.807, 2.05) is 30.3 Å². The predicted octanol–water partition coefficient (Wildman–Crippen LogP) is 1.68. The van der Waals surface area contributed by atoms with Crippen LogP contribution in [-0.4, -0.2) is 19.2 Å². The van der Waals surface area contributed by atoms with Gasteiger partial charge in [0.1, 0.15) is 6.10 Å². The maximum atomic E-state index is 9.85. The molecule has 1 aromatic rings. The lowest BCUT2D eigenvalue weighted by Gasteiger charge is -2.09. The van der Waals surface area contributed by atoms with Gasteiger partial charge in [0.05, 0.1) is 13.2 Å². The van der Waals surface area contributed by atoms with Crippen molar-refractivity contribution < 1.29 is 14.3 Å². The molecule has 1 rings (SSSR count). The van der Waals surface area contributed by atoms with Crippen molar-refractivity contribution in [3.05, 3.63) is 35.9 Å². The molecule has 0 saturated heterocycles. The zero-order valence-electron chi connectivity index (χ0n) is 8.10. The SMILES string of the molecule is C[C@@H](COCc1ccccc1)O[C]=O. The molecule has 0 heterocycles. The molecule has 1 aromatic carbocycles. The highest BCUT2D eigenvalue weighted by molar-refractivity contribution is 5.38. The molecule has 0 aromatic heterocycles. The van der Waals surface area contributed by atoms with E-state index in [4.69, 9.17) is 4.74 Å². The minimum atomic E-state index is -0.240. The smallest absolute Gasteiger partial charge is 0.417 e. The number of ether oxygens (including phenoxy) is 2. The van der Waals surface area contributed by atoms with Gasteiger partial charge in [-0.15, -0.1) is 0 Å². The van der Waals surface area contributed by atoms with Crippen LogP contribution in [0, 0.1) is 0 Å². The van der Waals surface area contributed by atoms with Crippen LogP contribution in [0.5, 0.6) is 0 Å². The summed E-state index contributed by atoms with van der Waals surface area (Å²) in [6, 6.07) is 9.83. The summed E-state index contributed by atoms with van der Waals surface area (Å²) in [6.07, 6.45) is -0.240. The highest BCUT2D eigenvalue weighted by atomic mass is 16.6. The summed E-state index contributed by atoms with van der Waals surface area (Å²) < 4.78 is 9.88. The van der Waals surface area contributed by atoms with Gasteiger partial charge in [-0.3, -0.25) is 0 Å². The fourth-order valence-corrected chi connectivity index (χ4v) is 1.03. The Hall–Kier alpha value is -1.35. The number of benzene rings is 1. The van der Waals surface area contributed by atoms with Gasteiger partial charge in [0.25, 0.3) is 0 Å². The van der Waals surface area contributed by atoms with Crippen molar-refractivity contribution in [2.24, 2.45) is 0 Å². The first-order valence-corrected chi connectivity index (χ1v) is 4.47. The van der Waals surface area contributed by atoms with Crippen LogP contribution >= 0.6 is 0 Å². The minimum Gasteiger partial charge on any atom is -0.452 e. The minimum absolute atomic E-state index is 0.240. The molecule has 0 spiro atoms. The maximum absolute atomic E-state index is 9.85. The number of hydrogen-bond acceptors (Lipinski definition) is 3. The van der Waals surface area contributed by atoms with Crippen molar-refractivity contribution in [2.75, 3.05) is 6.61 Å². The summed E-state index contributed by atoms with van der Waals surface area (Å²) in [7, 11) is 0. The molecule has 1 radical (unpaired) electrons. The van der Waals surface area contributed by atoms with E-state index in [0.717, 1.165) is 5.56 Å². The average Bonchev–Trinajstić information content (AvgIpc) is 2.20. The second-order valence-corrected chi connectivity index (χ2v) is 3.01. The third-order valence-corrected chi connectivity index (χ3v) is 1.71. The third-order valence-electron chi connectivity index (χ3n) is 1.71. The molecule has 0 bridgehead atoms. The Morgan fingerprint density at radius 1 is 1.36 bits per heavy atom. The van der Waals surface area contributed by atoms with Gasteiger partial charge in [0.2, 0.25) is 0 Å². The van der Waals surface area contributed by atoms with E-state index < -0.39 is 0 Å². The molecule has 75 valence electrons. The highest BCUT2D eigenvalue weighted by Gasteiger charge is 2.01. The summed E-state index contributed by atoms with van der Waals surface area (Å²) in [5.41, 5.74) is 1.11. The molecular formula is C11H13O3. The molecule has 0 unspecified atom stereocenters. The van der Waals surface area contributed by atoms with Crippen LogP contribution in [0.3, 0.4) is 0 Å². The maximum Gasteiger partial charge on any atom is 0.417 e. The number of hydrogen-bond donors (Lipinski definition) is 0. The molecule has 14 heavy (non-hydrogen) atoms. The van der Waals surface area contributed by atoms with Gasteiger partial charge in [-0.2, -0.15) is 0 Å². The van der Waals surface area contributed by atoms with Crippen molar-refractivity contribution in [3.8, 4) is 0 Å². The van der Waals surface area contributed by atoms with Crippen molar-refractivity contribution in [2.45, 2.75) is 19.6 Å². The Balaban J connectivity index is 2.18. The summed E-state index contributed by atoms with van der Waals surface area (Å²) in [4.78, 5) is 9.85. The number of carbonyl (C=O) groups excluding carboxylic acids is 1. The zero-order chi connectivity index (χ0) is 10.2. The summed E-state index contributed by atoms with van der Waals surface area (Å²) in [5.74, 6) is 0. The molecule has 0 amide bonds. The van der Waals surface area contributed by atoms with Crippen molar-refractivity contribution in [1.82, 2.24) is 0 Å². The van der Waals surface area contributed by atoms with E-state index >= 15 is 0 Å². The van der Waals surface area contributed by atoms with Gasteiger partial charge in [-0.05, 0) is 12.5 Å². The van der Waals surface area contributed by atoms with Crippen LogP contribution in [0.2, 0.25) is 0 Å². The summed E-state index contributed by atoms with van der Waals surface area (Å²) in [5, 5.41) is 0. The Morgan fingerprint density at radius 3 is 2.71 bits per heavy atom. The van der Waals surface area contributed by atoms with Crippen LogP contribution < -0.4 is 0 Å². The third kappa shape index (κ3) is 4.05. The lowest BCUT2D eigenvalue weighted by atomic mass is 10.2. The van der Waals surface area contributed by atoms with Crippen molar-refractivity contribution >= 4 is 6.47 Å². The largest absolute Gasteiger partial charge is 0.452 e. The van der Waals surface area contributed by atoms with Gasteiger partial charge in [-0.1, -0.05) is 30.3 Å². The van der Waals surface area contributed by atoms with Crippen LogP contribution in [0.1, 0.15) is 12.5 Å². The van der Waals surface area contributed by atoms with Crippen molar-refractivity contribution in [3.63, 3.8) is 0 Å². The standard InChI is InChI=1S/C11H13O3/c1-10(14-9-12)7-13-8-11-5-3-2-4-6-11/h2-6,10H,7-8H2,1H3/t10-/m0/s1. The van der Waals surface area contributed by atoms with Gasteiger partial charge in [0.15, 0.2) is 0 Å². The van der Waals surface area contributed by atoms with E-state index in [-0.39, 0.29) is 6.10 Å². The van der Waals surface area contributed by atoms with Crippen LogP contribution in [0.25, 0.3) is 0 Å². The Labute approximate surface area is 83.6 Å². The molecule has 0 N–H and O–H groups in total. The van der Waals surface area contributed by atoms with E-state index in [1.165, 1.54) is 6.47 Å². The van der Waals surface area contributed by atoms with Crippen LogP contribution in [0.4, 0.5) is 0 Å². The first-order valence-electron chi connectivity index (χ1n) is 4.47. The fourth-order valence-electron chi connectivity index (χ4n) is 1.03. The monoisotopic (exact) mass is 193 g/mol. The highest BCUT2D eigenvalue weighted by Crippen LogP contribution is 2.01. The summed E-state index contributed by atoms with van der Waals surface area (Å²) >= 11 is 0. The molecule has 0 fully saturated rings. The molecule has 3 heteroatoms. The first-order chi connectivity index (χ1) is 6.83. The Morgan fingerprint density at radius 2 is 2.07 bits per heavy atom. The lowest BCUT2D eigenvalue weighted by Crippen LogP contribution is -2.14. The second kappa shape index (κ2) is 6.16. The second-order valence-electron chi connectivity index (χ2n) is 3.01. The van der Waals surface area contributed by atoms with E-state index in [0.29, 0.717) is 13.2 Å². The van der Waals surface area contributed by atoms with E-state index in [2.05, 4.69) is 4.74 Å². The molecule has 1 atom stereocenters. The topological polar surface area (TPSA) is 35.5 Å². The quantitative estimate of drug-likeness (QED) is 0.689. The number of rotatable bonds is 6. The predicted molar refractivity (Wildman–Crippen MR) is 52.3 cm³/mol. The zero-order valence-corrected chi connectivity index (χ0v) is 8.10. The first kappa shape index (κ1) is 10.7. The molecular weight excluding hydrogens is 180 g/mol. The van der Waals surface area contributed by atoms with Crippen LogP contribution in [-0.2, 0) is 20.9 Å². The van der Waals surface area contributed by atoms with Gasteiger partial charge in [-0.25, -0.2) is 4.79 Å². The van der Waals surface area contributed by atoms with Crippen LogP contribution in [0.15, 0.2) is 30.3 Å². The molecule has 0 aliphatic carbocycles. The fraction of sp³-hybridized carbons (Fsp3) is 0.364. The molecule has 0 aliphatic heterocycles. The average molecular weight is 193 g/mol. The van der Waals surface area contributed by atoms with Gasteiger partial charge in [0, 0.05) is 0 Å².